The molecule has 0 aromatic heterocycles. The lowest BCUT2D eigenvalue weighted by Gasteiger charge is -2.26. The van der Waals surface area contributed by atoms with Crippen LogP contribution in [0.3, 0.4) is 0 Å². The molecule has 0 saturated carbocycles. The number of rotatable bonds is 10. The predicted molar refractivity (Wildman–Crippen MR) is 142 cm³/mol. The Hall–Kier alpha value is -3.33. The van der Waals surface area contributed by atoms with E-state index in [1.807, 2.05) is 32.9 Å². The Morgan fingerprint density at radius 3 is 1.97 bits per heavy atom. The molecule has 1 N–H and O–H groups in total. The van der Waals surface area contributed by atoms with Crippen molar-refractivity contribution in [2.24, 2.45) is 0 Å². The Balaban J connectivity index is 2.61. The molecule has 196 valence electrons. The monoisotopic (exact) mass is 517 g/mol. The highest BCUT2D eigenvalue weighted by Gasteiger charge is 2.34. The third-order valence-electron chi connectivity index (χ3n) is 5.20. The molecule has 9 heteroatoms. The first-order valence-electron chi connectivity index (χ1n) is 11.6. The summed E-state index contributed by atoms with van der Waals surface area (Å²) in [5.41, 5.74) is 2.83. The number of hydrogen-bond acceptors (Lipinski definition) is 7. The number of esters is 2. The van der Waals surface area contributed by atoms with Crippen molar-refractivity contribution in [3.05, 3.63) is 58.7 Å². The van der Waals surface area contributed by atoms with Crippen molar-refractivity contribution >= 4 is 39.8 Å². The van der Waals surface area contributed by atoms with E-state index in [0.29, 0.717) is 22.6 Å². The number of carbonyl (C=O) groups excluding carboxylic acids is 2. The van der Waals surface area contributed by atoms with Gasteiger partial charge < -0.3 is 14.2 Å². The van der Waals surface area contributed by atoms with Gasteiger partial charge in [-0.3, -0.25) is 14.3 Å². The van der Waals surface area contributed by atoms with Crippen molar-refractivity contribution < 1.29 is 32.2 Å². The van der Waals surface area contributed by atoms with Crippen LogP contribution in [0.25, 0.3) is 12.2 Å². The van der Waals surface area contributed by atoms with E-state index in [4.69, 9.17) is 14.2 Å². The molecule has 2 aromatic carbocycles. The third kappa shape index (κ3) is 7.84. The molecular weight excluding hydrogens is 482 g/mol. The van der Waals surface area contributed by atoms with Crippen LogP contribution < -0.4 is 9.46 Å². The van der Waals surface area contributed by atoms with Gasteiger partial charge in [0.05, 0.1) is 26.6 Å². The quantitative estimate of drug-likeness (QED) is 0.275. The fourth-order valence-electron chi connectivity index (χ4n) is 3.63. The number of anilines is 1. The molecule has 0 radical (unpaired) electrons. The van der Waals surface area contributed by atoms with Gasteiger partial charge in [-0.15, -0.1) is 0 Å². The molecule has 0 fully saturated rings. The predicted octanol–water partition coefficient (Wildman–Crippen LogP) is 4.74. The number of hydrogen-bond donors (Lipinski definition) is 1. The lowest BCUT2D eigenvalue weighted by Crippen LogP contribution is -2.27. The maximum atomic E-state index is 12.8. The minimum absolute atomic E-state index is 0.133. The van der Waals surface area contributed by atoms with Gasteiger partial charge in [0.25, 0.3) is 0 Å². The van der Waals surface area contributed by atoms with Crippen LogP contribution in [0.4, 0.5) is 5.69 Å². The molecule has 0 aliphatic heterocycles. The second-order valence-electron chi connectivity index (χ2n) is 9.21. The Morgan fingerprint density at radius 1 is 0.972 bits per heavy atom. The summed E-state index contributed by atoms with van der Waals surface area (Å²) in [7, 11) is -1.80. The number of nitrogens with one attached hydrogen (secondary N) is 1. The molecule has 0 saturated heterocycles. The van der Waals surface area contributed by atoms with E-state index in [0.717, 1.165) is 17.4 Å². The van der Waals surface area contributed by atoms with Crippen molar-refractivity contribution in [1.82, 2.24) is 0 Å². The summed E-state index contributed by atoms with van der Waals surface area (Å²) in [5.74, 6) is -1.97. The Labute approximate surface area is 213 Å². The zero-order valence-electron chi connectivity index (χ0n) is 21.9. The fourth-order valence-corrected chi connectivity index (χ4v) is 4.20. The highest BCUT2D eigenvalue weighted by Crippen LogP contribution is 2.38. The first-order chi connectivity index (χ1) is 16.8. The van der Waals surface area contributed by atoms with Crippen LogP contribution in [0.1, 0.15) is 62.8 Å². The number of benzene rings is 2. The molecule has 0 spiro atoms. The van der Waals surface area contributed by atoms with Crippen molar-refractivity contribution in [2.75, 3.05) is 31.3 Å². The molecule has 0 bridgehead atoms. The van der Waals surface area contributed by atoms with Crippen LogP contribution >= 0.6 is 0 Å². The van der Waals surface area contributed by atoms with E-state index < -0.39 is 27.9 Å². The number of sulfonamides is 1. The minimum atomic E-state index is -3.37. The van der Waals surface area contributed by atoms with Crippen LogP contribution in [0, 0.1) is 0 Å². The van der Waals surface area contributed by atoms with Crippen molar-refractivity contribution in [3.63, 3.8) is 0 Å². The average Bonchev–Trinajstić information content (AvgIpc) is 2.77. The average molecular weight is 518 g/mol. The normalized spacial score (nSPS) is 12.0. The van der Waals surface area contributed by atoms with E-state index in [1.54, 1.807) is 57.4 Å². The summed E-state index contributed by atoms with van der Waals surface area (Å²) in [4.78, 5) is 25.6. The minimum Gasteiger partial charge on any atom is -0.496 e. The number of carbonyl (C=O) groups is 2. The Kier molecular flexibility index (Phi) is 9.69. The number of ether oxygens (including phenoxy) is 3. The second kappa shape index (κ2) is 12.1. The first-order valence-corrected chi connectivity index (χ1v) is 13.5. The van der Waals surface area contributed by atoms with Crippen LogP contribution in [-0.4, -0.2) is 46.9 Å². The van der Waals surface area contributed by atoms with Crippen LogP contribution in [0.2, 0.25) is 0 Å². The SMILES string of the molecule is CCOC(=O)C(C(=O)OCC)c1cc(/C=C/c2ccc(NS(C)(=O)=O)cc2)c(OC)c(C(C)(C)C)c1. The molecule has 2 rings (SSSR count). The van der Waals surface area contributed by atoms with Crippen molar-refractivity contribution in [1.29, 1.82) is 0 Å². The first kappa shape index (κ1) is 28.9. The molecule has 36 heavy (non-hydrogen) atoms. The lowest BCUT2D eigenvalue weighted by atomic mass is 9.82. The maximum absolute atomic E-state index is 12.8. The highest BCUT2D eigenvalue weighted by molar-refractivity contribution is 7.92. The summed E-state index contributed by atoms with van der Waals surface area (Å²) in [6, 6.07) is 10.4. The maximum Gasteiger partial charge on any atom is 0.324 e. The highest BCUT2D eigenvalue weighted by atomic mass is 32.2. The summed E-state index contributed by atoms with van der Waals surface area (Å²) < 4.78 is 41.4. The summed E-state index contributed by atoms with van der Waals surface area (Å²) in [5, 5.41) is 0. The second-order valence-corrected chi connectivity index (χ2v) is 11.0. The van der Waals surface area contributed by atoms with Gasteiger partial charge in [0.1, 0.15) is 5.75 Å². The molecule has 0 heterocycles. The molecule has 0 aliphatic rings. The van der Waals surface area contributed by atoms with Gasteiger partial charge in [0, 0.05) is 16.8 Å². The Bertz CT molecular complexity index is 1190. The van der Waals surface area contributed by atoms with E-state index in [9.17, 15) is 18.0 Å². The van der Waals surface area contributed by atoms with Gasteiger partial charge in [-0.2, -0.15) is 0 Å². The third-order valence-corrected chi connectivity index (χ3v) is 5.81. The standard InChI is InChI=1S/C27H35NO7S/c1-8-34-25(29)23(26(30)35-9-2)20-16-19(24(33-6)22(17-20)27(3,4)5)13-10-18-11-14-21(15-12-18)28-36(7,31)32/h10-17,23,28H,8-9H2,1-7H3/b13-10+. The molecule has 2 aromatic rings. The van der Waals surface area contributed by atoms with Crippen LogP contribution in [0.15, 0.2) is 36.4 Å². The molecule has 0 aliphatic carbocycles. The largest absolute Gasteiger partial charge is 0.496 e. The molecule has 8 nitrogen and oxygen atoms in total. The van der Waals surface area contributed by atoms with Crippen LogP contribution in [-0.2, 0) is 34.5 Å². The van der Waals surface area contributed by atoms with E-state index in [-0.39, 0.29) is 18.6 Å². The topological polar surface area (TPSA) is 108 Å². The molecule has 0 unspecified atom stereocenters. The smallest absolute Gasteiger partial charge is 0.324 e. The summed E-state index contributed by atoms with van der Waals surface area (Å²) >= 11 is 0. The van der Waals surface area contributed by atoms with Gasteiger partial charge in [-0.25, -0.2) is 8.42 Å². The van der Waals surface area contributed by atoms with Gasteiger partial charge in [0.15, 0.2) is 5.92 Å². The van der Waals surface area contributed by atoms with E-state index in [2.05, 4.69) is 4.72 Å². The molecule has 0 atom stereocenters. The summed E-state index contributed by atoms with van der Waals surface area (Å²) in [6.45, 7) is 9.67. The van der Waals surface area contributed by atoms with E-state index in [1.165, 1.54) is 0 Å². The zero-order chi connectivity index (χ0) is 27.1. The fraction of sp³-hybridized carbons (Fsp3) is 0.407. The van der Waals surface area contributed by atoms with Gasteiger partial charge >= 0.3 is 11.9 Å². The zero-order valence-corrected chi connectivity index (χ0v) is 22.7. The van der Waals surface area contributed by atoms with Crippen molar-refractivity contribution in [3.8, 4) is 5.75 Å². The van der Waals surface area contributed by atoms with Crippen molar-refractivity contribution in [2.45, 2.75) is 46.0 Å². The lowest BCUT2D eigenvalue weighted by molar-refractivity contribution is -0.156. The molecular formula is C27H35NO7S. The van der Waals surface area contributed by atoms with E-state index >= 15 is 0 Å². The van der Waals surface area contributed by atoms with Gasteiger partial charge in [-0.1, -0.05) is 51.1 Å². The Morgan fingerprint density at radius 2 is 1.53 bits per heavy atom. The summed E-state index contributed by atoms with van der Waals surface area (Å²) in [6.07, 6.45) is 4.75. The molecule has 0 amide bonds. The van der Waals surface area contributed by atoms with Gasteiger partial charge in [-0.05, 0) is 48.6 Å². The number of methoxy groups -OCH3 is 1. The van der Waals surface area contributed by atoms with Gasteiger partial charge in [0.2, 0.25) is 10.0 Å². The van der Waals surface area contributed by atoms with Crippen LogP contribution in [0.5, 0.6) is 5.75 Å².